The monoisotopic (exact) mass is 281 g/mol. The van der Waals surface area contributed by atoms with E-state index < -0.39 is 12.0 Å². The molecule has 3 amide bonds. The standard InChI is InChI=1S/C12H19N5O3/c13-11(18)10-9-16(7-8-20-10)12(19)14-3-1-5-17-6-2-4-15-17/h2,4,6,10H,1,3,5,7-9H2,(H2,13,18)(H,14,19). The molecule has 1 unspecified atom stereocenters. The summed E-state index contributed by atoms with van der Waals surface area (Å²) in [6.07, 6.45) is 3.67. The van der Waals surface area contributed by atoms with Crippen LogP contribution in [0.1, 0.15) is 6.42 Å². The quantitative estimate of drug-likeness (QED) is 0.687. The Morgan fingerprint density at radius 1 is 1.50 bits per heavy atom. The van der Waals surface area contributed by atoms with E-state index in [0.29, 0.717) is 19.7 Å². The largest absolute Gasteiger partial charge is 0.367 e. The van der Waals surface area contributed by atoms with Crippen LogP contribution in [0.25, 0.3) is 0 Å². The maximum atomic E-state index is 11.9. The Kier molecular flexibility index (Phi) is 4.94. The van der Waals surface area contributed by atoms with Crippen LogP contribution in [0.4, 0.5) is 4.79 Å². The molecule has 8 heteroatoms. The minimum Gasteiger partial charge on any atom is -0.367 e. The molecular formula is C12H19N5O3. The first-order valence-electron chi connectivity index (χ1n) is 6.58. The van der Waals surface area contributed by atoms with Gasteiger partial charge < -0.3 is 20.7 Å². The molecule has 0 bridgehead atoms. The predicted molar refractivity (Wildman–Crippen MR) is 70.8 cm³/mol. The van der Waals surface area contributed by atoms with Gasteiger partial charge in [0.1, 0.15) is 0 Å². The highest BCUT2D eigenvalue weighted by Gasteiger charge is 2.27. The number of aromatic nitrogens is 2. The molecule has 2 rings (SSSR count). The molecule has 1 aliphatic rings. The van der Waals surface area contributed by atoms with E-state index in [1.165, 1.54) is 0 Å². The lowest BCUT2D eigenvalue weighted by molar-refractivity contribution is -0.133. The number of urea groups is 1. The zero-order valence-corrected chi connectivity index (χ0v) is 11.2. The summed E-state index contributed by atoms with van der Waals surface area (Å²) in [5.41, 5.74) is 5.17. The van der Waals surface area contributed by atoms with Gasteiger partial charge in [-0.15, -0.1) is 0 Å². The van der Waals surface area contributed by atoms with E-state index >= 15 is 0 Å². The average molecular weight is 281 g/mol. The normalized spacial score (nSPS) is 18.8. The maximum Gasteiger partial charge on any atom is 0.317 e. The minimum atomic E-state index is -0.710. The number of carbonyl (C=O) groups is 2. The van der Waals surface area contributed by atoms with Gasteiger partial charge in [0.2, 0.25) is 5.91 Å². The highest BCUT2D eigenvalue weighted by Crippen LogP contribution is 2.04. The summed E-state index contributed by atoms with van der Waals surface area (Å²) < 4.78 is 7.00. The van der Waals surface area contributed by atoms with Crippen LogP contribution < -0.4 is 11.1 Å². The number of nitrogens with zero attached hydrogens (tertiary/aromatic N) is 3. The van der Waals surface area contributed by atoms with Crippen LogP contribution in [0.15, 0.2) is 18.5 Å². The number of hydrogen-bond acceptors (Lipinski definition) is 4. The van der Waals surface area contributed by atoms with E-state index in [1.807, 2.05) is 16.9 Å². The molecule has 1 fully saturated rings. The second-order valence-electron chi connectivity index (χ2n) is 4.56. The van der Waals surface area contributed by atoms with E-state index in [9.17, 15) is 9.59 Å². The van der Waals surface area contributed by atoms with Gasteiger partial charge in [-0.2, -0.15) is 5.10 Å². The Balaban J connectivity index is 1.67. The third kappa shape index (κ3) is 3.95. The van der Waals surface area contributed by atoms with Crippen LogP contribution >= 0.6 is 0 Å². The first-order valence-corrected chi connectivity index (χ1v) is 6.58. The molecule has 0 spiro atoms. The van der Waals surface area contributed by atoms with Crippen LogP contribution in [-0.4, -0.2) is 59.0 Å². The van der Waals surface area contributed by atoms with Crippen molar-refractivity contribution in [1.82, 2.24) is 20.0 Å². The average Bonchev–Trinajstić information content (AvgIpc) is 2.96. The molecule has 0 saturated carbocycles. The molecule has 8 nitrogen and oxygen atoms in total. The lowest BCUT2D eigenvalue weighted by Gasteiger charge is -2.31. The summed E-state index contributed by atoms with van der Waals surface area (Å²) in [4.78, 5) is 24.5. The predicted octanol–water partition coefficient (Wildman–Crippen LogP) is -0.831. The number of aryl methyl sites for hydroxylation is 1. The maximum absolute atomic E-state index is 11.9. The molecule has 0 aromatic carbocycles. The van der Waals surface area contributed by atoms with E-state index in [4.69, 9.17) is 10.5 Å². The first-order chi connectivity index (χ1) is 9.66. The zero-order valence-electron chi connectivity index (χ0n) is 11.2. The number of nitrogens with one attached hydrogen (secondary N) is 1. The van der Waals surface area contributed by atoms with Crippen LogP contribution in [-0.2, 0) is 16.1 Å². The van der Waals surface area contributed by atoms with Gasteiger partial charge in [-0.25, -0.2) is 4.79 Å². The number of morpholine rings is 1. The highest BCUT2D eigenvalue weighted by molar-refractivity contribution is 5.81. The number of hydrogen-bond donors (Lipinski definition) is 2. The van der Waals surface area contributed by atoms with Gasteiger partial charge in [0.05, 0.1) is 13.2 Å². The van der Waals surface area contributed by atoms with E-state index in [0.717, 1.165) is 13.0 Å². The number of rotatable bonds is 5. The first kappa shape index (κ1) is 14.3. The van der Waals surface area contributed by atoms with Crippen molar-refractivity contribution in [1.29, 1.82) is 0 Å². The second-order valence-corrected chi connectivity index (χ2v) is 4.56. The molecule has 1 aliphatic heterocycles. The molecular weight excluding hydrogens is 262 g/mol. The van der Waals surface area contributed by atoms with Crippen LogP contribution in [0, 0.1) is 0 Å². The van der Waals surface area contributed by atoms with Gasteiger partial charge in [-0.3, -0.25) is 9.48 Å². The topological polar surface area (TPSA) is 102 Å². The van der Waals surface area contributed by atoms with Crippen molar-refractivity contribution >= 4 is 11.9 Å². The molecule has 1 aromatic heterocycles. The fourth-order valence-electron chi connectivity index (χ4n) is 1.99. The molecule has 1 aromatic rings. The summed E-state index contributed by atoms with van der Waals surface area (Å²) in [7, 11) is 0. The van der Waals surface area contributed by atoms with Crippen molar-refractivity contribution in [3.8, 4) is 0 Å². The fourth-order valence-corrected chi connectivity index (χ4v) is 1.99. The smallest absolute Gasteiger partial charge is 0.317 e. The van der Waals surface area contributed by atoms with Crippen molar-refractivity contribution in [2.45, 2.75) is 19.1 Å². The molecule has 3 N–H and O–H groups in total. The summed E-state index contributed by atoms with van der Waals surface area (Å²) in [5.74, 6) is -0.541. The molecule has 20 heavy (non-hydrogen) atoms. The summed E-state index contributed by atoms with van der Waals surface area (Å²) in [6.45, 7) is 2.31. The van der Waals surface area contributed by atoms with Crippen LogP contribution in [0.3, 0.4) is 0 Å². The third-order valence-corrected chi connectivity index (χ3v) is 3.07. The molecule has 2 heterocycles. The van der Waals surface area contributed by atoms with Crippen molar-refractivity contribution in [3.05, 3.63) is 18.5 Å². The summed E-state index contributed by atoms with van der Waals surface area (Å²) in [6, 6.07) is 1.66. The fraction of sp³-hybridized carbons (Fsp3) is 0.583. The Bertz CT molecular complexity index is 448. The summed E-state index contributed by atoms with van der Waals surface area (Å²) >= 11 is 0. The van der Waals surface area contributed by atoms with Gasteiger partial charge in [-0.1, -0.05) is 0 Å². The minimum absolute atomic E-state index is 0.194. The Labute approximate surface area is 116 Å². The lowest BCUT2D eigenvalue weighted by Crippen LogP contribution is -2.53. The zero-order chi connectivity index (χ0) is 14.4. The van der Waals surface area contributed by atoms with Gasteiger partial charge in [0.25, 0.3) is 0 Å². The van der Waals surface area contributed by atoms with Crippen molar-refractivity contribution in [3.63, 3.8) is 0 Å². The van der Waals surface area contributed by atoms with Gasteiger partial charge >= 0.3 is 6.03 Å². The van der Waals surface area contributed by atoms with Crippen LogP contribution in [0.5, 0.6) is 0 Å². The number of carbonyl (C=O) groups excluding carboxylic acids is 2. The number of ether oxygens (including phenoxy) is 1. The van der Waals surface area contributed by atoms with Gasteiger partial charge in [0, 0.05) is 32.0 Å². The Morgan fingerprint density at radius 2 is 2.35 bits per heavy atom. The number of amides is 3. The van der Waals surface area contributed by atoms with E-state index in [2.05, 4.69) is 10.4 Å². The Hall–Kier alpha value is -2.09. The van der Waals surface area contributed by atoms with Gasteiger partial charge in [-0.05, 0) is 12.5 Å². The van der Waals surface area contributed by atoms with Crippen molar-refractivity contribution in [2.24, 2.45) is 5.73 Å². The molecule has 1 atom stereocenters. The van der Waals surface area contributed by atoms with E-state index in [1.54, 1.807) is 11.1 Å². The summed E-state index contributed by atoms with van der Waals surface area (Å²) in [5, 5.41) is 6.89. The molecule has 0 aliphatic carbocycles. The Morgan fingerprint density at radius 3 is 3.05 bits per heavy atom. The van der Waals surface area contributed by atoms with Crippen molar-refractivity contribution < 1.29 is 14.3 Å². The van der Waals surface area contributed by atoms with Crippen molar-refractivity contribution in [2.75, 3.05) is 26.2 Å². The SMILES string of the molecule is NC(=O)C1CN(C(=O)NCCCn2cccn2)CCO1. The molecule has 110 valence electrons. The third-order valence-electron chi connectivity index (χ3n) is 3.07. The number of primary amides is 1. The van der Waals surface area contributed by atoms with E-state index in [-0.39, 0.29) is 12.6 Å². The molecule has 0 radical (unpaired) electrons. The van der Waals surface area contributed by atoms with Crippen LogP contribution in [0.2, 0.25) is 0 Å². The second kappa shape index (κ2) is 6.90. The lowest BCUT2D eigenvalue weighted by atomic mass is 10.2. The highest BCUT2D eigenvalue weighted by atomic mass is 16.5. The number of nitrogens with two attached hydrogens (primary N) is 1. The molecule has 1 saturated heterocycles. The van der Waals surface area contributed by atoms with Gasteiger partial charge in [0.15, 0.2) is 6.10 Å².